The fourth-order valence-corrected chi connectivity index (χ4v) is 3.05. The highest BCUT2D eigenvalue weighted by Crippen LogP contribution is 2.15. The Morgan fingerprint density at radius 2 is 2.12 bits per heavy atom. The molecule has 0 unspecified atom stereocenters. The van der Waals surface area contributed by atoms with E-state index in [-0.39, 0.29) is 17.8 Å². The topological polar surface area (TPSA) is 81.8 Å². The van der Waals surface area contributed by atoms with Crippen LogP contribution in [-0.4, -0.2) is 53.8 Å². The van der Waals surface area contributed by atoms with Crippen molar-refractivity contribution in [3.8, 4) is 0 Å². The maximum atomic E-state index is 12.1. The predicted octanol–water partition coefficient (Wildman–Crippen LogP) is 0.449. The highest BCUT2D eigenvalue weighted by molar-refractivity contribution is 5.90. The lowest BCUT2D eigenvalue weighted by Gasteiger charge is -2.16. The van der Waals surface area contributed by atoms with E-state index in [0.29, 0.717) is 26.1 Å². The van der Waals surface area contributed by atoms with Crippen LogP contribution in [0, 0.1) is 0 Å². The highest BCUT2D eigenvalue weighted by atomic mass is 16.2. The van der Waals surface area contributed by atoms with Gasteiger partial charge in [-0.05, 0) is 17.5 Å². The first-order chi connectivity index (χ1) is 11.5. The Bertz CT molecular complexity index is 661. The maximum Gasteiger partial charge on any atom is 0.317 e. The largest absolute Gasteiger partial charge is 0.350 e. The van der Waals surface area contributed by atoms with Gasteiger partial charge < -0.3 is 20.4 Å². The van der Waals surface area contributed by atoms with E-state index in [9.17, 15) is 14.4 Å². The summed E-state index contributed by atoms with van der Waals surface area (Å²) in [5.74, 6) is 0.0163. The van der Waals surface area contributed by atoms with E-state index in [1.54, 1.807) is 7.05 Å². The van der Waals surface area contributed by atoms with Crippen LogP contribution in [0.5, 0.6) is 0 Å². The molecule has 24 heavy (non-hydrogen) atoms. The summed E-state index contributed by atoms with van der Waals surface area (Å²) >= 11 is 0. The normalized spacial score (nSPS) is 20.5. The summed E-state index contributed by atoms with van der Waals surface area (Å²) in [6, 6.07) is 7.13. The van der Waals surface area contributed by atoms with Crippen LogP contribution in [-0.2, 0) is 22.7 Å². The quantitative estimate of drug-likeness (QED) is 0.822. The van der Waals surface area contributed by atoms with Crippen molar-refractivity contribution in [2.45, 2.75) is 32.0 Å². The molecule has 1 atom stereocenters. The third-order valence-electron chi connectivity index (χ3n) is 4.42. The minimum atomic E-state index is -0.507. The van der Waals surface area contributed by atoms with Crippen LogP contribution in [0.2, 0.25) is 0 Å². The monoisotopic (exact) mass is 330 g/mol. The molecule has 0 saturated carbocycles. The molecule has 3 rings (SSSR count). The summed E-state index contributed by atoms with van der Waals surface area (Å²) in [4.78, 5) is 38.6. The van der Waals surface area contributed by atoms with Crippen LogP contribution < -0.4 is 10.6 Å². The smallest absolute Gasteiger partial charge is 0.317 e. The fraction of sp³-hybridized carbons (Fsp3) is 0.471. The molecule has 0 radical (unpaired) electrons. The first kappa shape index (κ1) is 16.3. The first-order valence-electron chi connectivity index (χ1n) is 8.18. The third-order valence-corrected chi connectivity index (χ3v) is 4.42. The Labute approximate surface area is 141 Å². The molecule has 2 aliphatic heterocycles. The van der Waals surface area contributed by atoms with E-state index in [2.05, 4.69) is 10.6 Å². The lowest BCUT2D eigenvalue weighted by molar-refractivity contribution is -0.128. The Hall–Kier alpha value is -2.57. The lowest BCUT2D eigenvalue weighted by atomic mass is 10.1. The van der Waals surface area contributed by atoms with Crippen molar-refractivity contribution < 1.29 is 14.4 Å². The lowest BCUT2D eigenvalue weighted by Crippen LogP contribution is -2.42. The Kier molecular flexibility index (Phi) is 4.69. The number of likely N-dealkylation sites (N-methyl/N-ethyl adjacent to an activating group) is 1. The number of carbonyl (C=O) groups excluding carboxylic acids is 3. The second kappa shape index (κ2) is 6.90. The van der Waals surface area contributed by atoms with Crippen molar-refractivity contribution in [1.29, 1.82) is 0 Å². The van der Waals surface area contributed by atoms with Crippen LogP contribution in [0.1, 0.15) is 24.0 Å². The summed E-state index contributed by atoms with van der Waals surface area (Å²) in [6.07, 6.45) is 1.56. The van der Waals surface area contributed by atoms with Gasteiger partial charge in [0.15, 0.2) is 0 Å². The van der Waals surface area contributed by atoms with Crippen molar-refractivity contribution in [2.24, 2.45) is 0 Å². The molecular formula is C17H22N4O3. The minimum Gasteiger partial charge on any atom is -0.350 e. The van der Waals surface area contributed by atoms with Crippen molar-refractivity contribution >= 4 is 17.8 Å². The molecule has 4 amide bonds. The summed E-state index contributed by atoms with van der Waals surface area (Å²) in [5.41, 5.74) is 2.04. The van der Waals surface area contributed by atoms with Crippen LogP contribution in [0.3, 0.4) is 0 Å². The van der Waals surface area contributed by atoms with Gasteiger partial charge in [0.25, 0.3) is 0 Å². The standard InChI is InChI=1S/C17H22N4O3/c1-20-11-14(19-17(20)24)16(23)18-9-12-4-2-5-13(8-12)10-21-7-3-6-15(21)22/h2,4-5,8,14H,3,6-7,9-11H2,1H3,(H,18,23)(H,19,24)/t14-/m1/s1. The van der Waals surface area contributed by atoms with E-state index in [4.69, 9.17) is 0 Å². The zero-order valence-corrected chi connectivity index (χ0v) is 13.7. The van der Waals surface area contributed by atoms with Crippen molar-refractivity contribution in [2.75, 3.05) is 20.1 Å². The number of amides is 4. The molecule has 0 bridgehead atoms. The molecule has 1 aromatic carbocycles. The van der Waals surface area contributed by atoms with Gasteiger partial charge in [0.1, 0.15) is 6.04 Å². The van der Waals surface area contributed by atoms with Crippen LogP contribution in [0.25, 0.3) is 0 Å². The minimum absolute atomic E-state index is 0.187. The first-order valence-corrected chi connectivity index (χ1v) is 8.18. The average Bonchev–Trinajstić information content (AvgIpc) is 3.12. The van der Waals surface area contributed by atoms with Gasteiger partial charge in [0.2, 0.25) is 11.8 Å². The van der Waals surface area contributed by atoms with Crippen molar-refractivity contribution in [3.05, 3.63) is 35.4 Å². The summed E-state index contributed by atoms with van der Waals surface area (Å²) in [5, 5.41) is 5.49. The number of nitrogens with one attached hydrogen (secondary N) is 2. The molecule has 2 saturated heterocycles. The summed E-state index contributed by atoms with van der Waals surface area (Å²) in [7, 11) is 1.66. The van der Waals surface area contributed by atoms with Gasteiger partial charge in [-0.2, -0.15) is 0 Å². The SMILES string of the molecule is CN1C[C@H](C(=O)NCc2cccc(CN3CCCC3=O)c2)NC1=O. The van der Waals surface area contributed by atoms with Gasteiger partial charge in [-0.1, -0.05) is 24.3 Å². The van der Waals surface area contributed by atoms with Crippen LogP contribution >= 0.6 is 0 Å². The molecular weight excluding hydrogens is 308 g/mol. The summed E-state index contributed by atoms with van der Waals surface area (Å²) in [6.45, 7) is 2.21. The average molecular weight is 330 g/mol. The number of urea groups is 1. The van der Waals surface area contributed by atoms with E-state index >= 15 is 0 Å². The number of hydrogen-bond donors (Lipinski definition) is 2. The molecule has 0 spiro atoms. The second-order valence-electron chi connectivity index (χ2n) is 6.34. The van der Waals surface area contributed by atoms with Crippen molar-refractivity contribution in [3.63, 3.8) is 0 Å². The van der Waals surface area contributed by atoms with Gasteiger partial charge in [-0.15, -0.1) is 0 Å². The van der Waals surface area contributed by atoms with Crippen LogP contribution in [0.15, 0.2) is 24.3 Å². The maximum absolute atomic E-state index is 12.1. The molecule has 2 N–H and O–H groups in total. The van der Waals surface area contributed by atoms with Crippen molar-refractivity contribution in [1.82, 2.24) is 20.4 Å². The van der Waals surface area contributed by atoms with Gasteiger partial charge in [-0.25, -0.2) is 4.79 Å². The number of benzene rings is 1. The van der Waals surface area contributed by atoms with E-state index in [1.807, 2.05) is 29.2 Å². The van der Waals surface area contributed by atoms with Gasteiger partial charge in [0, 0.05) is 33.1 Å². The molecule has 0 aliphatic carbocycles. The van der Waals surface area contributed by atoms with Crippen LogP contribution in [0.4, 0.5) is 4.79 Å². The number of carbonyl (C=O) groups is 3. The number of rotatable bonds is 5. The number of nitrogens with zero attached hydrogens (tertiary/aromatic N) is 2. The Balaban J connectivity index is 1.54. The molecule has 128 valence electrons. The molecule has 7 nitrogen and oxygen atoms in total. The molecule has 0 aromatic heterocycles. The van der Waals surface area contributed by atoms with E-state index in [0.717, 1.165) is 24.1 Å². The number of likely N-dealkylation sites (tertiary alicyclic amines) is 1. The zero-order chi connectivity index (χ0) is 17.1. The molecule has 1 aromatic rings. The Morgan fingerprint density at radius 3 is 2.79 bits per heavy atom. The number of hydrogen-bond acceptors (Lipinski definition) is 3. The van der Waals surface area contributed by atoms with Gasteiger partial charge >= 0.3 is 6.03 Å². The summed E-state index contributed by atoms with van der Waals surface area (Å²) < 4.78 is 0. The van der Waals surface area contributed by atoms with Gasteiger partial charge in [-0.3, -0.25) is 9.59 Å². The van der Waals surface area contributed by atoms with Gasteiger partial charge in [0.05, 0.1) is 6.54 Å². The molecule has 2 fully saturated rings. The zero-order valence-electron chi connectivity index (χ0n) is 13.7. The Morgan fingerprint density at radius 1 is 1.33 bits per heavy atom. The fourth-order valence-electron chi connectivity index (χ4n) is 3.05. The van der Waals surface area contributed by atoms with E-state index < -0.39 is 6.04 Å². The molecule has 7 heteroatoms. The predicted molar refractivity (Wildman–Crippen MR) is 87.9 cm³/mol. The third kappa shape index (κ3) is 3.67. The molecule has 2 aliphatic rings. The highest BCUT2D eigenvalue weighted by Gasteiger charge is 2.30. The second-order valence-corrected chi connectivity index (χ2v) is 6.34. The molecule has 2 heterocycles. The van der Waals surface area contributed by atoms with E-state index in [1.165, 1.54) is 4.90 Å².